The number of amides is 3. The van der Waals surface area contributed by atoms with Crippen molar-refractivity contribution in [3.63, 3.8) is 0 Å². The SMILES string of the molecule is Cc1ccc(C(=O)CN(C(=O)c2ccc(Cl)cc2)N2C(=O)[C@@H]3C[C@H](Br)[C@@H](Br)C[C@H]3C2=O)cc1. The van der Waals surface area contributed by atoms with Crippen LogP contribution in [-0.4, -0.2) is 49.7 Å². The standard InChI is InChI=1S/C24H21Br2ClN2O4/c1-13-2-4-14(5-3-13)21(30)12-28(22(31)15-6-8-16(27)9-7-15)29-23(32)17-10-19(25)20(26)11-18(17)24(29)33/h2-9,17-20H,10-12H2,1H3/t17-,18-,19+,20+/m1/s1. The molecule has 1 heterocycles. The first-order chi connectivity index (χ1) is 15.7. The molecule has 0 N–H and O–H groups in total. The zero-order chi connectivity index (χ0) is 23.9. The minimum atomic E-state index is -0.613. The lowest BCUT2D eigenvalue weighted by Gasteiger charge is -2.30. The van der Waals surface area contributed by atoms with Gasteiger partial charge in [0.1, 0.15) is 6.54 Å². The van der Waals surface area contributed by atoms with Gasteiger partial charge in [-0.25, -0.2) is 5.01 Å². The fraction of sp³-hybridized carbons (Fsp3) is 0.333. The Morgan fingerprint density at radius 1 is 0.909 bits per heavy atom. The molecule has 1 aliphatic carbocycles. The average Bonchev–Trinajstić information content (AvgIpc) is 3.02. The van der Waals surface area contributed by atoms with Crippen molar-refractivity contribution in [2.24, 2.45) is 11.8 Å². The molecule has 1 saturated carbocycles. The van der Waals surface area contributed by atoms with Gasteiger partial charge in [-0.15, -0.1) is 0 Å². The molecule has 2 aromatic carbocycles. The number of hydrogen-bond donors (Lipinski definition) is 0. The smallest absolute Gasteiger partial charge is 0.273 e. The van der Waals surface area contributed by atoms with Gasteiger partial charge < -0.3 is 0 Å². The number of imide groups is 1. The van der Waals surface area contributed by atoms with E-state index in [1.54, 1.807) is 36.4 Å². The van der Waals surface area contributed by atoms with Crippen molar-refractivity contribution < 1.29 is 19.2 Å². The number of fused-ring (bicyclic) bond motifs is 1. The molecule has 0 unspecified atom stereocenters. The largest absolute Gasteiger partial charge is 0.292 e. The number of ketones is 1. The van der Waals surface area contributed by atoms with E-state index < -0.39 is 36.1 Å². The van der Waals surface area contributed by atoms with E-state index in [2.05, 4.69) is 31.9 Å². The number of hydrazine groups is 1. The van der Waals surface area contributed by atoms with Gasteiger partial charge in [-0.3, -0.25) is 19.2 Å². The van der Waals surface area contributed by atoms with Crippen LogP contribution in [0.2, 0.25) is 5.02 Å². The van der Waals surface area contributed by atoms with Gasteiger partial charge in [0.2, 0.25) is 0 Å². The van der Waals surface area contributed by atoms with Crippen molar-refractivity contribution in [3.05, 3.63) is 70.2 Å². The maximum Gasteiger partial charge on any atom is 0.273 e. The van der Waals surface area contributed by atoms with Crippen LogP contribution in [0.15, 0.2) is 48.5 Å². The number of Topliss-reactive ketones (excluding diaryl/α,β-unsaturated/α-hetero) is 1. The summed E-state index contributed by atoms with van der Waals surface area (Å²) >= 11 is 13.1. The molecule has 4 rings (SSSR count). The number of alkyl halides is 2. The minimum Gasteiger partial charge on any atom is -0.292 e. The van der Waals surface area contributed by atoms with Crippen LogP contribution in [0.1, 0.15) is 39.1 Å². The monoisotopic (exact) mass is 594 g/mol. The van der Waals surface area contributed by atoms with Gasteiger partial charge >= 0.3 is 0 Å². The van der Waals surface area contributed by atoms with Gasteiger partial charge in [-0.2, -0.15) is 5.01 Å². The number of carbonyl (C=O) groups is 4. The van der Waals surface area contributed by atoms with Crippen LogP contribution in [0.3, 0.4) is 0 Å². The number of halogens is 3. The van der Waals surface area contributed by atoms with E-state index in [9.17, 15) is 19.2 Å². The highest BCUT2D eigenvalue weighted by molar-refractivity contribution is 9.12. The summed E-state index contributed by atoms with van der Waals surface area (Å²) in [5, 5.41) is 2.32. The summed E-state index contributed by atoms with van der Waals surface area (Å²) in [6.07, 6.45) is 0.938. The van der Waals surface area contributed by atoms with E-state index in [0.29, 0.717) is 23.4 Å². The normalized spacial score (nSPS) is 24.5. The number of nitrogens with zero attached hydrogens (tertiary/aromatic N) is 2. The first-order valence-electron chi connectivity index (χ1n) is 10.5. The first-order valence-corrected chi connectivity index (χ1v) is 12.7. The van der Waals surface area contributed by atoms with Gasteiger partial charge in [-0.1, -0.05) is 73.3 Å². The van der Waals surface area contributed by atoms with Crippen molar-refractivity contribution in [2.75, 3.05) is 6.54 Å². The number of aryl methyl sites for hydroxylation is 1. The second-order valence-corrected chi connectivity index (χ2v) is 11.2. The maximum absolute atomic E-state index is 13.5. The molecule has 2 aliphatic rings. The van der Waals surface area contributed by atoms with Crippen LogP contribution in [0.4, 0.5) is 0 Å². The Morgan fingerprint density at radius 3 is 1.91 bits per heavy atom. The Labute approximate surface area is 213 Å². The van der Waals surface area contributed by atoms with Crippen LogP contribution in [-0.2, 0) is 9.59 Å². The van der Waals surface area contributed by atoms with Crippen LogP contribution in [0, 0.1) is 18.8 Å². The Kier molecular flexibility index (Phi) is 7.07. The molecule has 1 saturated heterocycles. The molecule has 6 nitrogen and oxygen atoms in total. The molecule has 2 aromatic rings. The zero-order valence-corrected chi connectivity index (χ0v) is 21.6. The highest BCUT2D eigenvalue weighted by Gasteiger charge is 2.54. The Hall–Kier alpha value is -2.03. The third-order valence-electron chi connectivity index (χ3n) is 6.12. The van der Waals surface area contributed by atoms with Gasteiger partial charge in [-0.05, 0) is 44.0 Å². The number of rotatable bonds is 5. The fourth-order valence-corrected chi connectivity index (χ4v) is 5.62. The molecule has 4 atom stereocenters. The van der Waals surface area contributed by atoms with E-state index in [1.165, 1.54) is 12.1 Å². The number of hydrogen-bond acceptors (Lipinski definition) is 4. The summed E-state index contributed by atoms with van der Waals surface area (Å²) in [4.78, 5) is 53.3. The first kappa shape index (κ1) is 24.1. The van der Waals surface area contributed by atoms with Crippen LogP contribution in [0.5, 0.6) is 0 Å². The molecule has 9 heteroatoms. The third kappa shape index (κ3) is 4.79. The predicted octanol–water partition coefficient (Wildman–Crippen LogP) is 4.81. The molecule has 0 aromatic heterocycles. The Balaban J connectivity index is 1.69. The summed E-state index contributed by atoms with van der Waals surface area (Å²) in [5.41, 5.74) is 1.61. The molecule has 0 spiro atoms. The molecule has 0 bridgehead atoms. The molecular formula is C24H21Br2ClN2O4. The molecule has 172 valence electrons. The van der Waals surface area contributed by atoms with Crippen LogP contribution >= 0.6 is 43.5 Å². The molecule has 3 amide bonds. The van der Waals surface area contributed by atoms with E-state index in [4.69, 9.17) is 11.6 Å². The highest BCUT2D eigenvalue weighted by atomic mass is 79.9. The molecule has 33 heavy (non-hydrogen) atoms. The van der Waals surface area contributed by atoms with Gasteiger partial charge in [0.15, 0.2) is 5.78 Å². The molecule has 0 radical (unpaired) electrons. The van der Waals surface area contributed by atoms with Crippen LogP contribution in [0.25, 0.3) is 0 Å². The lowest BCUT2D eigenvalue weighted by Crippen LogP contribution is -2.52. The number of carbonyl (C=O) groups excluding carboxylic acids is 4. The van der Waals surface area contributed by atoms with E-state index >= 15 is 0 Å². The van der Waals surface area contributed by atoms with Crippen molar-refractivity contribution in [3.8, 4) is 0 Å². The third-order valence-corrected chi connectivity index (χ3v) is 9.11. The van der Waals surface area contributed by atoms with Gasteiger partial charge in [0.05, 0.1) is 11.8 Å². The predicted molar refractivity (Wildman–Crippen MR) is 131 cm³/mol. The fourth-order valence-electron chi connectivity index (χ4n) is 4.26. The lowest BCUT2D eigenvalue weighted by molar-refractivity contribution is -0.154. The lowest BCUT2D eigenvalue weighted by atomic mass is 9.81. The Bertz CT molecular complexity index is 1080. The highest BCUT2D eigenvalue weighted by Crippen LogP contribution is 2.43. The summed E-state index contributed by atoms with van der Waals surface area (Å²) < 4.78 is 0. The van der Waals surface area contributed by atoms with Crippen molar-refractivity contribution in [2.45, 2.75) is 29.4 Å². The minimum absolute atomic E-state index is 0.0325. The summed E-state index contributed by atoms with van der Waals surface area (Å²) in [6, 6.07) is 13.0. The summed E-state index contributed by atoms with van der Waals surface area (Å²) in [7, 11) is 0. The quantitative estimate of drug-likeness (QED) is 0.282. The summed E-state index contributed by atoms with van der Waals surface area (Å²) in [5.74, 6) is -2.96. The molecule has 1 aliphatic heterocycles. The topological polar surface area (TPSA) is 74.8 Å². The van der Waals surface area contributed by atoms with E-state index in [-0.39, 0.29) is 21.0 Å². The van der Waals surface area contributed by atoms with E-state index in [1.807, 2.05) is 6.92 Å². The number of benzene rings is 2. The molecular weight excluding hydrogens is 576 g/mol. The van der Waals surface area contributed by atoms with Gasteiger partial charge in [0, 0.05) is 25.8 Å². The maximum atomic E-state index is 13.5. The average molecular weight is 597 g/mol. The van der Waals surface area contributed by atoms with Crippen molar-refractivity contribution >= 4 is 67.0 Å². The molecule has 2 fully saturated rings. The zero-order valence-electron chi connectivity index (χ0n) is 17.7. The Morgan fingerprint density at radius 2 is 1.39 bits per heavy atom. The van der Waals surface area contributed by atoms with Crippen molar-refractivity contribution in [1.82, 2.24) is 10.0 Å². The second-order valence-electron chi connectivity index (χ2n) is 8.36. The van der Waals surface area contributed by atoms with E-state index in [0.717, 1.165) is 15.6 Å². The van der Waals surface area contributed by atoms with Crippen molar-refractivity contribution in [1.29, 1.82) is 0 Å². The van der Waals surface area contributed by atoms with Gasteiger partial charge in [0.25, 0.3) is 17.7 Å². The second kappa shape index (κ2) is 9.68. The summed E-state index contributed by atoms with van der Waals surface area (Å²) in [6.45, 7) is 1.47. The van der Waals surface area contributed by atoms with Crippen LogP contribution < -0.4 is 0 Å².